The second kappa shape index (κ2) is 4.12. The summed E-state index contributed by atoms with van der Waals surface area (Å²) in [5.74, 6) is 0.293. The van der Waals surface area contributed by atoms with E-state index in [1.807, 2.05) is 0 Å². The molecule has 3 heteroatoms. The van der Waals surface area contributed by atoms with Crippen molar-refractivity contribution in [2.45, 2.75) is 63.5 Å². The summed E-state index contributed by atoms with van der Waals surface area (Å²) in [6.45, 7) is 3.12. The minimum Gasteiger partial charge on any atom is -0.340 e. The van der Waals surface area contributed by atoms with E-state index < -0.39 is 0 Å². The van der Waals surface area contributed by atoms with Crippen LogP contribution in [0.25, 0.3) is 0 Å². The molecule has 1 heterocycles. The second-order valence-electron chi connectivity index (χ2n) is 5.18. The average Bonchev–Trinajstić information content (AvgIpc) is 2.62. The second-order valence-corrected chi connectivity index (χ2v) is 5.18. The molecular formula is C12H22N2O. The Labute approximate surface area is 92.0 Å². The van der Waals surface area contributed by atoms with Crippen LogP contribution >= 0.6 is 0 Å². The molecule has 0 aromatic rings. The van der Waals surface area contributed by atoms with E-state index in [0.717, 1.165) is 25.8 Å². The van der Waals surface area contributed by atoms with E-state index >= 15 is 0 Å². The van der Waals surface area contributed by atoms with Gasteiger partial charge in [0.15, 0.2) is 0 Å². The maximum absolute atomic E-state index is 12.1. The van der Waals surface area contributed by atoms with Crippen molar-refractivity contribution in [3.05, 3.63) is 0 Å². The van der Waals surface area contributed by atoms with Gasteiger partial charge >= 0.3 is 0 Å². The molecule has 1 atom stereocenters. The van der Waals surface area contributed by atoms with Crippen LogP contribution < -0.4 is 5.73 Å². The summed E-state index contributed by atoms with van der Waals surface area (Å²) in [7, 11) is 0. The third-order valence-electron chi connectivity index (χ3n) is 4.02. The van der Waals surface area contributed by atoms with Crippen LogP contribution in [-0.4, -0.2) is 28.9 Å². The number of hydrogen-bond donors (Lipinski definition) is 1. The summed E-state index contributed by atoms with van der Waals surface area (Å²) in [5.41, 5.74) is 5.96. The van der Waals surface area contributed by atoms with Crippen LogP contribution in [0.2, 0.25) is 0 Å². The minimum atomic E-state index is -0.155. The Hall–Kier alpha value is -0.570. The van der Waals surface area contributed by atoms with Gasteiger partial charge in [-0.15, -0.1) is 0 Å². The number of carbonyl (C=O) groups excluding carboxylic acids is 1. The first kappa shape index (κ1) is 10.9. The molecule has 2 aliphatic rings. The van der Waals surface area contributed by atoms with Crippen molar-refractivity contribution in [1.82, 2.24) is 4.90 Å². The Morgan fingerprint density at radius 3 is 2.73 bits per heavy atom. The van der Waals surface area contributed by atoms with Gasteiger partial charge in [-0.05, 0) is 38.5 Å². The van der Waals surface area contributed by atoms with Crippen LogP contribution in [0.3, 0.4) is 0 Å². The fourth-order valence-corrected chi connectivity index (χ4v) is 2.80. The van der Waals surface area contributed by atoms with Crippen LogP contribution in [0, 0.1) is 0 Å². The highest BCUT2D eigenvalue weighted by Crippen LogP contribution is 2.33. The van der Waals surface area contributed by atoms with Gasteiger partial charge in [0.25, 0.3) is 0 Å². The minimum absolute atomic E-state index is 0.155. The molecule has 2 rings (SSSR count). The summed E-state index contributed by atoms with van der Waals surface area (Å²) < 4.78 is 0. The summed E-state index contributed by atoms with van der Waals surface area (Å²) in [6, 6.07) is 0.487. The molecule has 0 bridgehead atoms. The number of carbonyl (C=O) groups is 1. The molecule has 0 spiro atoms. The number of hydrogen-bond acceptors (Lipinski definition) is 2. The zero-order valence-electron chi connectivity index (χ0n) is 9.67. The number of nitrogens with zero attached hydrogens (tertiary/aromatic N) is 1. The molecule has 0 aromatic carbocycles. The van der Waals surface area contributed by atoms with Crippen LogP contribution in [0.5, 0.6) is 0 Å². The molecule has 15 heavy (non-hydrogen) atoms. The van der Waals surface area contributed by atoms with Crippen LogP contribution in [0.15, 0.2) is 0 Å². The zero-order chi connectivity index (χ0) is 10.9. The van der Waals surface area contributed by atoms with Gasteiger partial charge in [0.2, 0.25) is 5.91 Å². The molecule has 86 valence electrons. The van der Waals surface area contributed by atoms with Gasteiger partial charge in [-0.3, -0.25) is 4.79 Å². The Bertz CT molecular complexity index is 248. The Balaban J connectivity index is 1.89. The fourth-order valence-electron chi connectivity index (χ4n) is 2.80. The summed E-state index contributed by atoms with van der Waals surface area (Å²) in [4.78, 5) is 14.1. The van der Waals surface area contributed by atoms with Crippen LogP contribution in [0.1, 0.15) is 51.9 Å². The molecule has 0 radical (unpaired) electrons. The van der Waals surface area contributed by atoms with Gasteiger partial charge < -0.3 is 10.6 Å². The van der Waals surface area contributed by atoms with E-state index in [2.05, 4.69) is 11.8 Å². The molecule has 1 aliphatic carbocycles. The smallest absolute Gasteiger partial charge is 0.224 e. The number of likely N-dealkylation sites (tertiary alicyclic amines) is 1. The van der Waals surface area contributed by atoms with Crippen molar-refractivity contribution < 1.29 is 4.79 Å². The van der Waals surface area contributed by atoms with E-state index in [1.54, 1.807) is 0 Å². The highest BCUT2D eigenvalue weighted by molar-refractivity contribution is 5.78. The SMILES string of the molecule is CCC1CCCN1C(=O)CC1(N)CCC1. The van der Waals surface area contributed by atoms with Gasteiger partial charge in [-0.2, -0.15) is 0 Å². The molecule has 1 aliphatic heterocycles. The monoisotopic (exact) mass is 210 g/mol. The van der Waals surface area contributed by atoms with Crippen LogP contribution in [0.4, 0.5) is 0 Å². The first-order chi connectivity index (χ1) is 7.14. The average molecular weight is 210 g/mol. The van der Waals surface area contributed by atoms with Crippen molar-refractivity contribution in [1.29, 1.82) is 0 Å². The molecule has 2 fully saturated rings. The standard InChI is InChI=1S/C12H22N2O/c1-2-10-5-3-8-14(10)11(15)9-12(13)6-4-7-12/h10H,2-9,13H2,1H3. The van der Waals surface area contributed by atoms with E-state index in [-0.39, 0.29) is 5.54 Å². The highest BCUT2D eigenvalue weighted by Gasteiger charge is 2.37. The Morgan fingerprint density at radius 2 is 2.20 bits per heavy atom. The van der Waals surface area contributed by atoms with Crippen molar-refractivity contribution in [3.8, 4) is 0 Å². The summed E-state index contributed by atoms with van der Waals surface area (Å²) in [5, 5.41) is 0. The van der Waals surface area contributed by atoms with Crippen molar-refractivity contribution in [2.75, 3.05) is 6.54 Å². The fraction of sp³-hybridized carbons (Fsp3) is 0.917. The normalized spacial score (nSPS) is 28.9. The first-order valence-electron chi connectivity index (χ1n) is 6.23. The first-order valence-corrected chi connectivity index (χ1v) is 6.23. The van der Waals surface area contributed by atoms with E-state index in [1.165, 1.54) is 19.3 Å². The van der Waals surface area contributed by atoms with E-state index in [9.17, 15) is 4.79 Å². The maximum atomic E-state index is 12.1. The Morgan fingerprint density at radius 1 is 1.47 bits per heavy atom. The van der Waals surface area contributed by atoms with Gasteiger partial charge in [-0.25, -0.2) is 0 Å². The quantitative estimate of drug-likeness (QED) is 0.770. The van der Waals surface area contributed by atoms with Crippen LogP contribution in [-0.2, 0) is 4.79 Å². The zero-order valence-corrected chi connectivity index (χ0v) is 9.67. The third-order valence-corrected chi connectivity index (χ3v) is 4.02. The lowest BCUT2D eigenvalue weighted by Gasteiger charge is -2.39. The molecule has 1 amide bonds. The Kier molecular flexibility index (Phi) is 3.01. The lowest BCUT2D eigenvalue weighted by molar-refractivity contribution is -0.134. The number of amides is 1. The highest BCUT2D eigenvalue weighted by atomic mass is 16.2. The predicted molar refractivity (Wildman–Crippen MR) is 60.4 cm³/mol. The predicted octanol–water partition coefficient (Wildman–Crippen LogP) is 1.66. The molecule has 1 saturated heterocycles. The molecule has 0 aromatic heterocycles. The van der Waals surface area contributed by atoms with Gasteiger partial charge in [0.1, 0.15) is 0 Å². The molecule has 1 saturated carbocycles. The lowest BCUT2D eigenvalue weighted by atomic mass is 9.75. The summed E-state index contributed by atoms with van der Waals surface area (Å²) in [6.07, 6.45) is 7.27. The van der Waals surface area contributed by atoms with Crippen molar-refractivity contribution >= 4 is 5.91 Å². The number of nitrogens with two attached hydrogens (primary N) is 1. The molecular weight excluding hydrogens is 188 g/mol. The van der Waals surface area contributed by atoms with E-state index in [0.29, 0.717) is 18.4 Å². The van der Waals surface area contributed by atoms with Crippen molar-refractivity contribution in [3.63, 3.8) is 0 Å². The molecule has 3 nitrogen and oxygen atoms in total. The topological polar surface area (TPSA) is 46.3 Å². The molecule has 2 N–H and O–H groups in total. The van der Waals surface area contributed by atoms with E-state index in [4.69, 9.17) is 5.73 Å². The maximum Gasteiger partial charge on any atom is 0.224 e. The van der Waals surface area contributed by atoms with Gasteiger partial charge in [-0.1, -0.05) is 6.92 Å². The van der Waals surface area contributed by atoms with Gasteiger partial charge in [0, 0.05) is 24.5 Å². The van der Waals surface area contributed by atoms with Crippen molar-refractivity contribution in [2.24, 2.45) is 5.73 Å². The molecule has 1 unspecified atom stereocenters. The largest absolute Gasteiger partial charge is 0.340 e. The number of rotatable bonds is 3. The summed E-state index contributed by atoms with van der Waals surface area (Å²) >= 11 is 0. The lowest BCUT2D eigenvalue weighted by Crippen LogP contribution is -2.51. The van der Waals surface area contributed by atoms with Gasteiger partial charge in [0.05, 0.1) is 0 Å². The third kappa shape index (κ3) is 2.17.